The first-order valence-electron chi connectivity index (χ1n) is 10.9. The summed E-state index contributed by atoms with van der Waals surface area (Å²) in [6.45, 7) is 7.52. The Bertz CT molecular complexity index is 1120. The largest absolute Gasteiger partial charge is 0.492 e. The molecule has 2 aliphatic rings. The number of carbonyl (C=O) groups is 2. The molecule has 9 nitrogen and oxygen atoms in total. The van der Waals surface area contributed by atoms with Crippen molar-refractivity contribution in [2.24, 2.45) is 5.92 Å². The van der Waals surface area contributed by atoms with Crippen LogP contribution in [0.5, 0.6) is 5.88 Å². The molecule has 0 radical (unpaired) electrons. The summed E-state index contributed by atoms with van der Waals surface area (Å²) in [7, 11) is 0. The lowest BCUT2D eigenvalue weighted by molar-refractivity contribution is -0.124. The highest BCUT2D eigenvalue weighted by Gasteiger charge is 2.30. The molecule has 31 heavy (non-hydrogen) atoms. The van der Waals surface area contributed by atoms with E-state index in [9.17, 15) is 19.5 Å². The normalized spacial score (nSPS) is 16.7. The highest BCUT2D eigenvalue weighted by molar-refractivity contribution is 5.97. The van der Waals surface area contributed by atoms with Crippen LogP contribution in [0, 0.1) is 12.8 Å². The second kappa shape index (κ2) is 8.20. The summed E-state index contributed by atoms with van der Waals surface area (Å²) in [5.41, 5.74) is 0.651. The van der Waals surface area contributed by atoms with Gasteiger partial charge in [-0.1, -0.05) is 13.8 Å². The summed E-state index contributed by atoms with van der Waals surface area (Å²) in [6.07, 6.45) is 6.89. The Hall–Kier alpha value is -3.10. The predicted octanol–water partition coefficient (Wildman–Crippen LogP) is 1.69. The van der Waals surface area contributed by atoms with Crippen LogP contribution >= 0.6 is 0 Å². The monoisotopic (exact) mass is 427 g/mol. The maximum Gasteiger partial charge on any atom is 0.270 e. The molecule has 0 spiro atoms. The van der Waals surface area contributed by atoms with Gasteiger partial charge in [0, 0.05) is 37.3 Å². The van der Waals surface area contributed by atoms with Crippen LogP contribution in [0.4, 0.5) is 0 Å². The molecule has 2 fully saturated rings. The first-order valence-corrected chi connectivity index (χ1v) is 10.9. The fourth-order valence-electron chi connectivity index (χ4n) is 3.98. The SMILES string of the molecule is Cc1nn2c(O)c(C(=O)NC3CC3)c(=O)n(CC(C)C)c2c1/C=C/C(=O)N1CCCC1. The number of aryl methyl sites for hydroxylation is 1. The summed E-state index contributed by atoms with van der Waals surface area (Å²) in [5, 5.41) is 18.0. The molecular weight excluding hydrogens is 398 g/mol. The fourth-order valence-corrected chi connectivity index (χ4v) is 3.98. The van der Waals surface area contributed by atoms with Gasteiger partial charge in [-0.15, -0.1) is 0 Å². The molecule has 3 heterocycles. The quantitative estimate of drug-likeness (QED) is 0.682. The van der Waals surface area contributed by atoms with Gasteiger partial charge in [0.05, 0.1) is 5.69 Å². The number of likely N-dealkylation sites (tertiary alicyclic amines) is 1. The van der Waals surface area contributed by atoms with E-state index < -0.39 is 17.3 Å². The van der Waals surface area contributed by atoms with Crippen molar-refractivity contribution in [3.63, 3.8) is 0 Å². The maximum absolute atomic E-state index is 13.3. The fraction of sp³-hybridized carbons (Fsp3) is 0.545. The van der Waals surface area contributed by atoms with Crippen LogP contribution in [0.15, 0.2) is 10.9 Å². The molecule has 0 unspecified atom stereocenters. The molecule has 166 valence electrons. The van der Waals surface area contributed by atoms with E-state index in [0.29, 0.717) is 23.4 Å². The summed E-state index contributed by atoms with van der Waals surface area (Å²) in [6, 6.07) is 0.0509. The summed E-state index contributed by atoms with van der Waals surface area (Å²) in [4.78, 5) is 40.2. The van der Waals surface area contributed by atoms with Gasteiger partial charge in [0.2, 0.25) is 11.8 Å². The molecule has 1 aliphatic heterocycles. The number of hydrogen-bond acceptors (Lipinski definition) is 5. The number of fused-ring (bicyclic) bond motifs is 1. The lowest BCUT2D eigenvalue weighted by atomic mass is 10.1. The number of nitrogens with one attached hydrogen (secondary N) is 1. The zero-order chi connectivity index (χ0) is 22.3. The molecule has 0 aromatic carbocycles. The van der Waals surface area contributed by atoms with E-state index in [1.54, 1.807) is 17.9 Å². The topological polar surface area (TPSA) is 109 Å². The lowest BCUT2D eigenvalue weighted by Gasteiger charge is -2.15. The molecule has 1 aliphatic carbocycles. The van der Waals surface area contributed by atoms with Gasteiger partial charge in [-0.3, -0.25) is 19.0 Å². The summed E-state index contributed by atoms with van der Waals surface area (Å²) < 4.78 is 2.72. The number of nitrogens with zero attached hydrogens (tertiary/aromatic N) is 4. The average Bonchev–Trinajstić information content (AvgIpc) is 3.23. The average molecular weight is 428 g/mol. The molecule has 2 N–H and O–H groups in total. The van der Waals surface area contributed by atoms with Crippen LogP contribution in [0.1, 0.15) is 61.1 Å². The standard InChI is InChI=1S/C22H29N5O4/c1-13(2)12-26-20-16(8-9-17(28)25-10-4-5-11-25)14(3)24-27(20)22(31)18(21(26)30)19(29)23-15-6-7-15/h8-9,13,15,31H,4-7,10-12H2,1-3H3,(H,23,29)/b9-8+. The zero-order valence-corrected chi connectivity index (χ0v) is 18.2. The van der Waals surface area contributed by atoms with E-state index in [2.05, 4.69) is 10.4 Å². The second-order valence-corrected chi connectivity index (χ2v) is 8.86. The number of aromatic hydroxyl groups is 1. The minimum absolute atomic E-state index is 0.0509. The Morgan fingerprint density at radius 2 is 1.94 bits per heavy atom. The molecular formula is C22H29N5O4. The Labute approximate surface area is 180 Å². The number of aromatic nitrogens is 3. The maximum atomic E-state index is 13.3. The molecule has 9 heteroatoms. The van der Waals surface area contributed by atoms with Crippen molar-refractivity contribution in [2.45, 2.75) is 59.0 Å². The molecule has 4 rings (SSSR count). The van der Waals surface area contributed by atoms with E-state index in [4.69, 9.17) is 0 Å². The van der Waals surface area contributed by atoms with Crippen molar-refractivity contribution in [3.8, 4) is 5.88 Å². The Morgan fingerprint density at radius 3 is 2.55 bits per heavy atom. The van der Waals surface area contributed by atoms with Crippen molar-refractivity contribution in [2.75, 3.05) is 13.1 Å². The van der Waals surface area contributed by atoms with E-state index >= 15 is 0 Å². The van der Waals surface area contributed by atoms with Crippen LogP contribution in [-0.2, 0) is 11.3 Å². The Kier molecular flexibility index (Phi) is 5.60. The number of rotatable bonds is 6. The lowest BCUT2D eigenvalue weighted by Crippen LogP contribution is -2.36. The molecule has 2 aromatic heterocycles. The van der Waals surface area contributed by atoms with Gasteiger partial charge in [0.25, 0.3) is 11.5 Å². The van der Waals surface area contributed by atoms with Gasteiger partial charge < -0.3 is 15.3 Å². The zero-order valence-electron chi connectivity index (χ0n) is 18.2. The van der Waals surface area contributed by atoms with Crippen molar-refractivity contribution in [1.29, 1.82) is 0 Å². The minimum Gasteiger partial charge on any atom is -0.492 e. The van der Waals surface area contributed by atoms with E-state index in [-0.39, 0.29) is 23.4 Å². The second-order valence-electron chi connectivity index (χ2n) is 8.86. The number of hydrogen-bond donors (Lipinski definition) is 2. The van der Waals surface area contributed by atoms with Crippen LogP contribution < -0.4 is 10.9 Å². The van der Waals surface area contributed by atoms with Crippen molar-refractivity contribution < 1.29 is 14.7 Å². The first-order chi connectivity index (χ1) is 14.8. The summed E-state index contributed by atoms with van der Waals surface area (Å²) >= 11 is 0. The highest BCUT2D eigenvalue weighted by Crippen LogP contribution is 2.25. The summed E-state index contributed by atoms with van der Waals surface area (Å²) in [5.74, 6) is -1.03. The van der Waals surface area contributed by atoms with Gasteiger partial charge >= 0.3 is 0 Å². The molecule has 1 saturated carbocycles. The third kappa shape index (κ3) is 4.08. The Balaban J connectivity index is 1.84. The Morgan fingerprint density at radius 1 is 1.26 bits per heavy atom. The van der Waals surface area contributed by atoms with Gasteiger partial charge in [0.1, 0.15) is 5.65 Å². The van der Waals surface area contributed by atoms with Crippen molar-refractivity contribution in [1.82, 2.24) is 24.4 Å². The van der Waals surface area contributed by atoms with Crippen molar-refractivity contribution >= 4 is 23.5 Å². The van der Waals surface area contributed by atoms with Gasteiger partial charge in [-0.25, -0.2) is 0 Å². The van der Waals surface area contributed by atoms with Gasteiger partial charge in [-0.2, -0.15) is 9.61 Å². The smallest absolute Gasteiger partial charge is 0.270 e. The number of carbonyl (C=O) groups excluding carboxylic acids is 2. The van der Waals surface area contributed by atoms with Crippen LogP contribution in [0.3, 0.4) is 0 Å². The van der Waals surface area contributed by atoms with Gasteiger partial charge in [-0.05, 0) is 44.6 Å². The van der Waals surface area contributed by atoms with Crippen LogP contribution in [0.2, 0.25) is 0 Å². The number of amides is 2. The third-order valence-corrected chi connectivity index (χ3v) is 5.72. The molecule has 2 amide bonds. The minimum atomic E-state index is -0.584. The van der Waals surface area contributed by atoms with E-state index in [1.165, 1.54) is 15.2 Å². The first kappa shape index (κ1) is 21.1. The van der Waals surface area contributed by atoms with E-state index in [1.807, 2.05) is 13.8 Å². The molecule has 0 bridgehead atoms. The molecule has 1 saturated heterocycles. The molecule has 0 atom stereocenters. The third-order valence-electron chi connectivity index (χ3n) is 5.72. The van der Waals surface area contributed by atoms with E-state index in [0.717, 1.165) is 38.8 Å². The van der Waals surface area contributed by atoms with Crippen LogP contribution in [0.25, 0.3) is 11.7 Å². The highest BCUT2D eigenvalue weighted by atomic mass is 16.3. The molecule has 2 aromatic rings. The van der Waals surface area contributed by atoms with Crippen molar-refractivity contribution in [3.05, 3.63) is 33.3 Å². The predicted molar refractivity (Wildman–Crippen MR) is 116 cm³/mol. The van der Waals surface area contributed by atoms with Crippen LogP contribution in [-0.4, -0.2) is 55.1 Å². The van der Waals surface area contributed by atoms with Gasteiger partial charge in [0.15, 0.2) is 5.56 Å².